The van der Waals surface area contributed by atoms with E-state index in [1.807, 2.05) is 6.07 Å². The van der Waals surface area contributed by atoms with Gasteiger partial charge in [0.2, 0.25) is 5.91 Å². The lowest BCUT2D eigenvalue weighted by molar-refractivity contribution is -0.134. The Kier molecular flexibility index (Phi) is 5.42. The molecular weight excluding hydrogens is 347 g/mol. The molecule has 3 nitrogen and oxygen atoms in total. The summed E-state index contributed by atoms with van der Waals surface area (Å²) in [5.41, 5.74) is 0.709. The van der Waals surface area contributed by atoms with Gasteiger partial charge >= 0.3 is 0 Å². The van der Waals surface area contributed by atoms with E-state index in [4.69, 9.17) is 0 Å². The zero-order valence-electron chi connectivity index (χ0n) is 13.6. The molecule has 1 saturated heterocycles. The molecule has 2 fully saturated rings. The predicted molar refractivity (Wildman–Crippen MR) is 97.1 cm³/mol. The summed E-state index contributed by atoms with van der Waals surface area (Å²) in [5, 5.41) is 6.70. The number of hydrogen-bond donors (Lipinski definition) is 2. The molecule has 2 N–H and O–H groups in total. The van der Waals surface area contributed by atoms with Crippen LogP contribution < -0.4 is 10.6 Å². The Balaban J connectivity index is 0.00000169. The third-order valence-corrected chi connectivity index (χ3v) is 6.93. The number of hydrogen-bond acceptors (Lipinski definition) is 3. The van der Waals surface area contributed by atoms with E-state index in [-0.39, 0.29) is 35.6 Å². The molecule has 1 amide bonds. The first-order chi connectivity index (χ1) is 11.2. The lowest BCUT2D eigenvalue weighted by Gasteiger charge is -2.39. The molecule has 3 atom stereocenters. The van der Waals surface area contributed by atoms with Gasteiger partial charge in [-0.05, 0) is 55.5 Å². The van der Waals surface area contributed by atoms with Gasteiger partial charge in [-0.3, -0.25) is 4.79 Å². The quantitative estimate of drug-likeness (QED) is 0.834. The van der Waals surface area contributed by atoms with Gasteiger partial charge in [0, 0.05) is 17.2 Å². The first-order valence-corrected chi connectivity index (χ1v) is 9.61. The van der Waals surface area contributed by atoms with Crippen molar-refractivity contribution in [3.63, 3.8) is 0 Å². The molecule has 0 spiro atoms. The fraction of sp³-hybridized carbons (Fsp3) is 0.611. The topological polar surface area (TPSA) is 41.1 Å². The molecule has 1 aliphatic carbocycles. The fourth-order valence-corrected chi connectivity index (χ4v) is 5.61. The summed E-state index contributed by atoms with van der Waals surface area (Å²) in [5.74, 6) is 1.39. The molecule has 2 heterocycles. The van der Waals surface area contributed by atoms with Crippen molar-refractivity contribution in [1.82, 2.24) is 10.6 Å². The van der Waals surface area contributed by atoms with E-state index in [0.29, 0.717) is 5.92 Å². The third kappa shape index (κ3) is 3.06. The van der Waals surface area contributed by atoms with Crippen molar-refractivity contribution < 1.29 is 9.18 Å². The van der Waals surface area contributed by atoms with Gasteiger partial charge in [-0.15, -0.1) is 24.2 Å². The van der Waals surface area contributed by atoms with Crippen LogP contribution in [0.15, 0.2) is 23.1 Å². The van der Waals surface area contributed by atoms with E-state index < -0.39 is 0 Å². The second-order valence-corrected chi connectivity index (χ2v) is 8.21. The molecule has 6 heteroatoms. The molecule has 0 radical (unpaired) electrons. The fourth-order valence-electron chi connectivity index (χ4n) is 4.51. The van der Waals surface area contributed by atoms with Crippen molar-refractivity contribution in [3.05, 3.63) is 29.6 Å². The normalized spacial score (nSPS) is 31.5. The molecule has 2 aliphatic heterocycles. The Bertz CT molecular complexity index is 629. The first kappa shape index (κ1) is 18.0. The summed E-state index contributed by atoms with van der Waals surface area (Å²) in [6.07, 6.45) is 5.37. The number of thioether (sulfide) groups is 1. The number of nitrogens with one attached hydrogen (secondary N) is 2. The molecule has 132 valence electrons. The minimum atomic E-state index is -0.240. The van der Waals surface area contributed by atoms with Crippen LogP contribution in [-0.4, -0.2) is 24.7 Å². The minimum absolute atomic E-state index is 0. The van der Waals surface area contributed by atoms with Crippen molar-refractivity contribution in [2.24, 2.45) is 11.3 Å². The zero-order valence-corrected chi connectivity index (χ0v) is 15.3. The van der Waals surface area contributed by atoms with Gasteiger partial charge in [0.05, 0.1) is 11.5 Å². The lowest BCUT2D eigenvalue weighted by Crippen LogP contribution is -2.49. The van der Waals surface area contributed by atoms with Crippen molar-refractivity contribution in [2.45, 2.75) is 43.0 Å². The molecule has 4 rings (SSSR count). The smallest absolute Gasteiger partial charge is 0.228 e. The summed E-state index contributed by atoms with van der Waals surface area (Å²) in [6.45, 7) is 1.75. The maximum absolute atomic E-state index is 13.6. The van der Waals surface area contributed by atoms with Crippen LogP contribution in [-0.2, 0) is 4.79 Å². The summed E-state index contributed by atoms with van der Waals surface area (Å²) in [4.78, 5) is 14.2. The molecule has 1 aromatic rings. The number of benzene rings is 1. The average Bonchev–Trinajstić information content (AvgIpc) is 3.00. The van der Waals surface area contributed by atoms with Crippen LogP contribution in [0.5, 0.6) is 0 Å². The van der Waals surface area contributed by atoms with Crippen molar-refractivity contribution in [1.29, 1.82) is 0 Å². The van der Waals surface area contributed by atoms with E-state index in [2.05, 4.69) is 10.6 Å². The first-order valence-electron chi connectivity index (χ1n) is 8.63. The second-order valence-electron chi connectivity index (χ2n) is 7.08. The van der Waals surface area contributed by atoms with Crippen LogP contribution in [0.3, 0.4) is 0 Å². The van der Waals surface area contributed by atoms with Crippen molar-refractivity contribution in [3.8, 4) is 0 Å². The monoisotopic (exact) mass is 370 g/mol. The van der Waals surface area contributed by atoms with Gasteiger partial charge in [-0.2, -0.15) is 0 Å². The highest BCUT2D eigenvalue weighted by atomic mass is 35.5. The predicted octanol–water partition coefficient (Wildman–Crippen LogP) is 3.68. The van der Waals surface area contributed by atoms with Crippen LogP contribution in [0, 0.1) is 17.2 Å². The SMILES string of the molecule is Cl.O=C(NC1CCSc2ccc(F)cc21)[C@@]12CCCC[C@H]1CNC2. The number of carbonyl (C=O) groups excluding carboxylic acids is 1. The summed E-state index contributed by atoms with van der Waals surface area (Å²) < 4.78 is 13.6. The standard InChI is InChI=1S/C18H23FN2OS.ClH/c19-13-4-5-16-14(9-13)15(6-8-23-16)21-17(22)18-7-2-1-3-12(18)10-20-11-18;/h4-5,9,12,15,20H,1-3,6-8,10-11H2,(H,21,22);1H/t12-,15?,18+;/m0./s1. The van der Waals surface area contributed by atoms with Crippen LogP contribution >= 0.6 is 24.2 Å². The van der Waals surface area contributed by atoms with E-state index in [9.17, 15) is 9.18 Å². The van der Waals surface area contributed by atoms with E-state index >= 15 is 0 Å². The Morgan fingerprint density at radius 3 is 3.08 bits per heavy atom. The maximum Gasteiger partial charge on any atom is 0.228 e. The van der Waals surface area contributed by atoms with Gasteiger partial charge in [0.15, 0.2) is 0 Å². The van der Waals surface area contributed by atoms with Crippen LogP contribution in [0.1, 0.15) is 43.7 Å². The maximum atomic E-state index is 13.6. The van der Waals surface area contributed by atoms with Gasteiger partial charge in [-0.1, -0.05) is 12.8 Å². The summed E-state index contributed by atoms with van der Waals surface area (Å²) in [7, 11) is 0. The van der Waals surface area contributed by atoms with Crippen LogP contribution in [0.4, 0.5) is 4.39 Å². The highest BCUT2D eigenvalue weighted by molar-refractivity contribution is 7.99. The van der Waals surface area contributed by atoms with Gasteiger partial charge < -0.3 is 10.6 Å². The van der Waals surface area contributed by atoms with Crippen molar-refractivity contribution >= 4 is 30.1 Å². The Morgan fingerprint density at radius 2 is 2.21 bits per heavy atom. The third-order valence-electron chi connectivity index (χ3n) is 5.81. The van der Waals surface area contributed by atoms with E-state index in [1.54, 1.807) is 17.8 Å². The minimum Gasteiger partial charge on any atom is -0.349 e. The molecule has 1 unspecified atom stereocenters. The van der Waals surface area contributed by atoms with Gasteiger partial charge in [-0.25, -0.2) is 4.39 Å². The Hall–Kier alpha value is -0.780. The van der Waals surface area contributed by atoms with Crippen LogP contribution in [0.25, 0.3) is 0 Å². The lowest BCUT2D eigenvalue weighted by atomic mass is 9.67. The van der Waals surface area contributed by atoms with E-state index in [1.165, 1.54) is 12.5 Å². The summed E-state index contributed by atoms with van der Waals surface area (Å²) in [6, 6.07) is 4.89. The number of carbonyl (C=O) groups is 1. The van der Waals surface area contributed by atoms with Crippen molar-refractivity contribution in [2.75, 3.05) is 18.8 Å². The second kappa shape index (κ2) is 7.22. The highest BCUT2D eigenvalue weighted by Crippen LogP contribution is 2.45. The largest absolute Gasteiger partial charge is 0.349 e. The average molecular weight is 371 g/mol. The highest BCUT2D eigenvalue weighted by Gasteiger charge is 2.50. The Labute approximate surface area is 152 Å². The van der Waals surface area contributed by atoms with Gasteiger partial charge in [0.25, 0.3) is 0 Å². The molecule has 1 aromatic carbocycles. The van der Waals surface area contributed by atoms with Crippen LogP contribution in [0.2, 0.25) is 0 Å². The van der Waals surface area contributed by atoms with E-state index in [0.717, 1.165) is 55.0 Å². The molecule has 1 saturated carbocycles. The molecular formula is C18H24ClFN2OS. The zero-order chi connectivity index (χ0) is 15.9. The molecule has 0 aromatic heterocycles. The molecule has 24 heavy (non-hydrogen) atoms. The number of fused-ring (bicyclic) bond motifs is 2. The van der Waals surface area contributed by atoms with Gasteiger partial charge in [0.1, 0.15) is 5.82 Å². The summed E-state index contributed by atoms with van der Waals surface area (Å²) >= 11 is 1.75. The molecule has 3 aliphatic rings. The number of halogens is 2. The molecule has 0 bridgehead atoms. The number of rotatable bonds is 2. The Morgan fingerprint density at radius 1 is 1.33 bits per heavy atom. The number of amides is 1.